The Balaban J connectivity index is 2.56. The van der Waals surface area contributed by atoms with Gasteiger partial charge in [0.25, 0.3) is 0 Å². The Morgan fingerprint density at radius 1 is 1.35 bits per heavy atom. The minimum Gasteiger partial charge on any atom is -0.394 e. The monoisotopic (exact) mass is 239 g/mol. The van der Waals surface area contributed by atoms with Crippen molar-refractivity contribution in [3.63, 3.8) is 0 Å². The van der Waals surface area contributed by atoms with E-state index in [4.69, 9.17) is 10.8 Å². The second-order valence-electron chi connectivity index (χ2n) is 5.19. The van der Waals surface area contributed by atoms with E-state index in [0.717, 1.165) is 18.0 Å². The molecule has 0 saturated carbocycles. The first-order chi connectivity index (χ1) is 8.06. The van der Waals surface area contributed by atoms with Crippen LogP contribution in [-0.2, 0) is 0 Å². The molecule has 1 aromatic heterocycles. The van der Waals surface area contributed by atoms with Gasteiger partial charge in [-0.2, -0.15) is 0 Å². The highest BCUT2D eigenvalue weighted by molar-refractivity contribution is 5.05. The molecule has 1 rings (SSSR count). The molecule has 98 valence electrons. The van der Waals surface area contributed by atoms with E-state index in [2.05, 4.69) is 30.3 Å². The van der Waals surface area contributed by atoms with E-state index in [9.17, 15) is 0 Å². The number of hydrogen-bond acceptors (Lipinski definition) is 3. The van der Waals surface area contributed by atoms with Gasteiger partial charge >= 0.3 is 0 Å². The lowest BCUT2D eigenvalue weighted by atomic mass is 10.0. The second-order valence-corrected chi connectivity index (χ2v) is 5.19. The fourth-order valence-electron chi connectivity index (χ4n) is 2.02. The Hall–Kier alpha value is -0.870. The molecule has 0 radical (unpaired) electrons. The summed E-state index contributed by atoms with van der Waals surface area (Å²) in [6, 6.07) is 0.0638. The SMILES string of the molecule is CC(C)CCCC(C)n1cncc1C(N)CO. The van der Waals surface area contributed by atoms with Crippen molar-refractivity contribution in [2.45, 2.75) is 52.1 Å². The van der Waals surface area contributed by atoms with Gasteiger partial charge < -0.3 is 15.4 Å². The van der Waals surface area contributed by atoms with Gasteiger partial charge in [0.1, 0.15) is 0 Å². The number of rotatable bonds is 7. The first-order valence-electron chi connectivity index (χ1n) is 6.44. The fraction of sp³-hybridized carbons (Fsp3) is 0.769. The summed E-state index contributed by atoms with van der Waals surface area (Å²) in [5.74, 6) is 0.754. The van der Waals surface area contributed by atoms with Crippen molar-refractivity contribution in [1.29, 1.82) is 0 Å². The Kier molecular flexibility index (Phi) is 5.65. The van der Waals surface area contributed by atoms with Crippen molar-refractivity contribution in [2.75, 3.05) is 6.61 Å². The van der Waals surface area contributed by atoms with Gasteiger partial charge in [-0.15, -0.1) is 0 Å². The third-order valence-corrected chi connectivity index (χ3v) is 3.15. The Bertz CT molecular complexity index is 322. The third kappa shape index (κ3) is 4.13. The van der Waals surface area contributed by atoms with E-state index >= 15 is 0 Å². The molecule has 4 nitrogen and oxygen atoms in total. The van der Waals surface area contributed by atoms with Gasteiger partial charge in [-0.05, 0) is 19.3 Å². The van der Waals surface area contributed by atoms with Crippen molar-refractivity contribution >= 4 is 0 Å². The lowest BCUT2D eigenvalue weighted by molar-refractivity contribution is 0.261. The van der Waals surface area contributed by atoms with Crippen LogP contribution in [0.4, 0.5) is 0 Å². The van der Waals surface area contributed by atoms with Crippen molar-refractivity contribution in [3.05, 3.63) is 18.2 Å². The van der Waals surface area contributed by atoms with E-state index in [0.29, 0.717) is 6.04 Å². The molecule has 2 unspecified atom stereocenters. The molecule has 17 heavy (non-hydrogen) atoms. The summed E-state index contributed by atoms with van der Waals surface area (Å²) in [6.07, 6.45) is 7.15. The average Bonchev–Trinajstić information content (AvgIpc) is 2.76. The van der Waals surface area contributed by atoms with Crippen LogP contribution < -0.4 is 5.73 Å². The molecule has 0 spiro atoms. The minimum absolute atomic E-state index is 0.0373. The zero-order valence-electron chi connectivity index (χ0n) is 11.1. The molecular formula is C13H25N3O. The summed E-state index contributed by atoms with van der Waals surface area (Å²) in [5, 5.41) is 9.10. The van der Waals surface area contributed by atoms with E-state index in [1.165, 1.54) is 12.8 Å². The van der Waals surface area contributed by atoms with Crippen molar-refractivity contribution in [2.24, 2.45) is 11.7 Å². The van der Waals surface area contributed by atoms with Gasteiger partial charge in [0.15, 0.2) is 0 Å². The molecule has 3 N–H and O–H groups in total. The largest absolute Gasteiger partial charge is 0.394 e. The minimum atomic E-state index is -0.329. The van der Waals surface area contributed by atoms with Crippen molar-refractivity contribution in [3.8, 4) is 0 Å². The van der Waals surface area contributed by atoms with Crippen molar-refractivity contribution < 1.29 is 5.11 Å². The summed E-state index contributed by atoms with van der Waals surface area (Å²) < 4.78 is 2.08. The number of aliphatic hydroxyl groups is 1. The van der Waals surface area contributed by atoms with Crippen LogP contribution in [0.15, 0.2) is 12.5 Å². The molecule has 1 heterocycles. The Labute approximate surface area is 104 Å². The highest BCUT2D eigenvalue weighted by atomic mass is 16.3. The maximum atomic E-state index is 9.10. The van der Waals surface area contributed by atoms with Crippen LogP contribution in [0.1, 0.15) is 57.8 Å². The lowest BCUT2D eigenvalue weighted by Crippen LogP contribution is -2.20. The van der Waals surface area contributed by atoms with E-state index in [1.807, 2.05) is 6.33 Å². The van der Waals surface area contributed by atoms with Gasteiger partial charge in [-0.25, -0.2) is 4.98 Å². The number of nitrogens with two attached hydrogens (primary N) is 1. The molecule has 4 heteroatoms. The van der Waals surface area contributed by atoms with Crippen LogP contribution in [0.2, 0.25) is 0 Å². The number of nitrogens with zero attached hydrogens (tertiary/aromatic N) is 2. The van der Waals surface area contributed by atoms with Crippen LogP contribution >= 0.6 is 0 Å². The van der Waals surface area contributed by atoms with Gasteiger partial charge in [-0.3, -0.25) is 0 Å². The molecule has 0 aliphatic carbocycles. The quantitative estimate of drug-likeness (QED) is 0.767. The molecule has 2 atom stereocenters. The predicted octanol–water partition coefficient (Wildman–Crippen LogP) is 2.26. The highest BCUT2D eigenvalue weighted by Crippen LogP contribution is 2.21. The van der Waals surface area contributed by atoms with Crippen LogP contribution in [0.25, 0.3) is 0 Å². The number of aromatic nitrogens is 2. The zero-order valence-corrected chi connectivity index (χ0v) is 11.1. The topological polar surface area (TPSA) is 64.1 Å². The Morgan fingerprint density at radius 2 is 2.06 bits per heavy atom. The normalized spacial score (nSPS) is 15.2. The first-order valence-corrected chi connectivity index (χ1v) is 6.44. The van der Waals surface area contributed by atoms with Crippen LogP contribution in [-0.4, -0.2) is 21.3 Å². The summed E-state index contributed by atoms with van der Waals surface area (Å²) in [4.78, 5) is 4.13. The zero-order chi connectivity index (χ0) is 12.8. The molecule has 1 aromatic rings. The molecule has 0 saturated heterocycles. The summed E-state index contributed by atoms with van der Waals surface area (Å²) in [6.45, 7) is 6.63. The third-order valence-electron chi connectivity index (χ3n) is 3.15. The Morgan fingerprint density at radius 3 is 2.65 bits per heavy atom. The number of hydrogen-bond donors (Lipinski definition) is 2. The summed E-state index contributed by atoms with van der Waals surface area (Å²) in [5.41, 5.74) is 6.76. The van der Waals surface area contributed by atoms with Gasteiger partial charge in [-0.1, -0.05) is 26.7 Å². The maximum absolute atomic E-state index is 9.10. The molecule has 0 aliphatic heterocycles. The summed E-state index contributed by atoms with van der Waals surface area (Å²) >= 11 is 0. The van der Waals surface area contributed by atoms with Gasteiger partial charge in [0, 0.05) is 12.2 Å². The average molecular weight is 239 g/mol. The van der Waals surface area contributed by atoms with E-state index < -0.39 is 0 Å². The molecule has 0 aromatic carbocycles. The number of aliphatic hydroxyl groups excluding tert-OH is 1. The van der Waals surface area contributed by atoms with Crippen LogP contribution in [0, 0.1) is 5.92 Å². The van der Waals surface area contributed by atoms with E-state index in [1.54, 1.807) is 6.20 Å². The molecular weight excluding hydrogens is 214 g/mol. The van der Waals surface area contributed by atoms with Crippen LogP contribution in [0.5, 0.6) is 0 Å². The molecule has 0 bridgehead atoms. The van der Waals surface area contributed by atoms with Crippen LogP contribution in [0.3, 0.4) is 0 Å². The predicted molar refractivity (Wildman–Crippen MR) is 69.6 cm³/mol. The first kappa shape index (κ1) is 14.2. The number of imidazole rings is 1. The van der Waals surface area contributed by atoms with Gasteiger partial charge in [0.05, 0.1) is 24.7 Å². The maximum Gasteiger partial charge on any atom is 0.0951 e. The van der Waals surface area contributed by atoms with E-state index in [-0.39, 0.29) is 12.6 Å². The van der Waals surface area contributed by atoms with Crippen molar-refractivity contribution in [1.82, 2.24) is 9.55 Å². The molecule has 0 fully saturated rings. The standard InChI is InChI=1S/C13H25N3O/c1-10(2)5-4-6-11(3)16-9-15-7-13(16)12(14)8-17/h7,9-12,17H,4-6,8,14H2,1-3H3. The molecule has 0 amide bonds. The molecule has 0 aliphatic rings. The highest BCUT2D eigenvalue weighted by Gasteiger charge is 2.14. The van der Waals surface area contributed by atoms with Gasteiger partial charge in [0.2, 0.25) is 0 Å². The second kappa shape index (κ2) is 6.77. The smallest absolute Gasteiger partial charge is 0.0951 e. The lowest BCUT2D eigenvalue weighted by Gasteiger charge is -2.19. The fourth-order valence-corrected chi connectivity index (χ4v) is 2.02. The summed E-state index contributed by atoms with van der Waals surface area (Å²) in [7, 11) is 0.